The van der Waals surface area contributed by atoms with Crippen LogP contribution in [0.1, 0.15) is 13.3 Å². The molecule has 8 heteroatoms. The molecule has 158 valence electrons. The van der Waals surface area contributed by atoms with Crippen molar-refractivity contribution in [2.75, 3.05) is 26.1 Å². The number of aromatic nitrogens is 2. The zero-order chi connectivity index (χ0) is 21.5. The van der Waals surface area contributed by atoms with Crippen LogP contribution in [0.3, 0.4) is 0 Å². The van der Waals surface area contributed by atoms with E-state index >= 15 is 0 Å². The van der Waals surface area contributed by atoms with Gasteiger partial charge in [-0.25, -0.2) is 4.98 Å². The quantitative estimate of drug-likeness (QED) is 0.319. The van der Waals surface area contributed by atoms with E-state index in [0.29, 0.717) is 41.3 Å². The molecule has 0 aliphatic heterocycles. The van der Waals surface area contributed by atoms with Crippen LogP contribution in [-0.2, 0) is 16.1 Å². The first-order valence-electron chi connectivity index (χ1n) is 9.63. The molecular weight excluding hydrogens is 402 g/mol. The van der Waals surface area contributed by atoms with E-state index in [1.807, 2.05) is 18.2 Å². The van der Waals surface area contributed by atoms with Crippen LogP contribution >= 0.6 is 11.8 Å². The molecule has 3 rings (SSSR count). The van der Waals surface area contributed by atoms with E-state index < -0.39 is 5.25 Å². The number of nitrogens with one attached hydrogen (secondary N) is 1. The standard InChI is InChI=1S/C22H25N3O4S/c1-15(20(26)23-16-9-11-17(29-3)12-10-16)30-22-24-19-8-5-4-7-18(19)21(27)25(22)13-6-14-28-2/h4-5,7-12,15H,6,13-14H2,1-3H3,(H,23,26). The fourth-order valence-electron chi connectivity index (χ4n) is 2.93. The van der Waals surface area contributed by atoms with Gasteiger partial charge in [-0.1, -0.05) is 23.9 Å². The molecule has 1 heterocycles. The summed E-state index contributed by atoms with van der Waals surface area (Å²) < 4.78 is 11.9. The summed E-state index contributed by atoms with van der Waals surface area (Å²) in [5.41, 5.74) is 1.19. The maximum atomic E-state index is 13.0. The molecule has 7 nitrogen and oxygen atoms in total. The fraction of sp³-hybridized carbons (Fsp3) is 0.318. The van der Waals surface area contributed by atoms with E-state index in [9.17, 15) is 9.59 Å². The Morgan fingerprint density at radius 2 is 1.90 bits per heavy atom. The number of anilines is 1. The van der Waals surface area contributed by atoms with Crippen molar-refractivity contribution in [2.24, 2.45) is 0 Å². The monoisotopic (exact) mass is 427 g/mol. The third-order valence-corrected chi connectivity index (χ3v) is 5.66. The first-order valence-corrected chi connectivity index (χ1v) is 10.5. The highest BCUT2D eigenvalue weighted by molar-refractivity contribution is 8.00. The van der Waals surface area contributed by atoms with Gasteiger partial charge in [0, 0.05) is 25.9 Å². The molecule has 0 aliphatic rings. The average Bonchev–Trinajstić information content (AvgIpc) is 2.76. The van der Waals surface area contributed by atoms with Crippen LogP contribution in [0.2, 0.25) is 0 Å². The molecule has 3 aromatic rings. The fourth-order valence-corrected chi connectivity index (χ4v) is 3.87. The predicted octanol–water partition coefficient (Wildman–Crippen LogP) is 3.56. The van der Waals surface area contributed by atoms with Crippen LogP contribution in [0.15, 0.2) is 58.5 Å². The van der Waals surface area contributed by atoms with E-state index in [4.69, 9.17) is 9.47 Å². The van der Waals surface area contributed by atoms with Gasteiger partial charge in [-0.05, 0) is 49.7 Å². The van der Waals surface area contributed by atoms with Gasteiger partial charge in [-0.3, -0.25) is 14.2 Å². The molecule has 0 aliphatic carbocycles. The van der Waals surface area contributed by atoms with Crippen LogP contribution in [0.5, 0.6) is 5.75 Å². The van der Waals surface area contributed by atoms with Crippen LogP contribution < -0.4 is 15.6 Å². The van der Waals surface area contributed by atoms with Gasteiger partial charge in [0.2, 0.25) is 5.91 Å². The number of thioether (sulfide) groups is 1. The Morgan fingerprint density at radius 3 is 2.60 bits per heavy atom. The van der Waals surface area contributed by atoms with Crippen molar-refractivity contribution in [2.45, 2.75) is 30.3 Å². The van der Waals surface area contributed by atoms with Crippen molar-refractivity contribution in [1.82, 2.24) is 9.55 Å². The average molecular weight is 428 g/mol. The lowest BCUT2D eigenvalue weighted by molar-refractivity contribution is -0.115. The molecule has 0 bridgehead atoms. The molecule has 2 aromatic carbocycles. The Bertz CT molecular complexity index is 1070. The van der Waals surface area contributed by atoms with Crippen molar-refractivity contribution in [3.8, 4) is 5.75 Å². The van der Waals surface area contributed by atoms with Crippen molar-refractivity contribution in [3.05, 3.63) is 58.9 Å². The minimum Gasteiger partial charge on any atom is -0.497 e. The third-order valence-electron chi connectivity index (χ3n) is 4.57. The van der Waals surface area contributed by atoms with Gasteiger partial charge in [-0.2, -0.15) is 0 Å². The summed E-state index contributed by atoms with van der Waals surface area (Å²) in [7, 11) is 3.22. The normalized spacial score (nSPS) is 12.0. The van der Waals surface area contributed by atoms with Crippen LogP contribution in [0.4, 0.5) is 5.69 Å². The molecule has 0 spiro atoms. The van der Waals surface area contributed by atoms with Gasteiger partial charge < -0.3 is 14.8 Å². The highest BCUT2D eigenvalue weighted by atomic mass is 32.2. The second kappa shape index (κ2) is 10.3. The molecular formula is C22H25N3O4S. The topological polar surface area (TPSA) is 82.4 Å². The van der Waals surface area contributed by atoms with Gasteiger partial charge in [0.05, 0.1) is 23.3 Å². The second-order valence-electron chi connectivity index (χ2n) is 6.69. The number of benzene rings is 2. The summed E-state index contributed by atoms with van der Waals surface area (Å²) in [6.45, 7) is 2.81. The van der Waals surface area contributed by atoms with Gasteiger partial charge in [0.25, 0.3) is 5.56 Å². The molecule has 0 fully saturated rings. The number of carbonyl (C=O) groups is 1. The predicted molar refractivity (Wildman–Crippen MR) is 119 cm³/mol. The maximum absolute atomic E-state index is 13.0. The number of methoxy groups -OCH3 is 2. The number of fused-ring (bicyclic) bond motifs is 1. The van der Waals surface area contributed by atoms with E-state index in [1.54, 1.807) is 56.0 Å². The number of hydrogen-bond donors (Lipinski definition) is 1. The first kappa shape index (κ1) is 21.9. The zero-order valence-electron chi connectivity index (χ0n) is 17.3. The molecule has 1 unspecified atom stereocenters. The van der Waals surface area contributed by atoms with E-state index in [0.717, 1.165) is 5.75 Å². The lowest BCUT2D eigenvalue weighted by Gasteiger charge is -2.16. The van der Waals surface area contributed by atoms with Gasteiger partial charge in [-0.15, -0.1) is 0 Å². The summed E-state index contributed by atoms with van der Waals surface area (Å²) in [5, 5.41) is 3.52. The molecule has 1 aromatic heterocycles. The van der Waals surface area contributed by atoms with Crippen molar-refractivity contribution < 1.29 is 14.3 Å². The number of hydrogen-bond acceptors (Lipinski definition) is 6. The summed E-state index contributed by atoms with van der Waals surface area (Å²) in [4.78, 5) is 30.4. The Kier molecular flexibility index (Phi) is 7.48. The summed E-state index contributed by atoms with van der Waals surface area (Å²) in [6, 6.07) is 14.4. The van der Waals surface area contributed by atoms with Crippen LogP contribution in [-0.4, -0.2) is 41.5 Å². The number of para-hydroxylation sites is 1. The van der Waals surface area contributed by atoms with Crippen molar-refractivity contribution in [3.63, 3.8) is 0 Å². The maximum Gasteiger partial charge on any atom is 0.262 e. The molecule has 1 amide bonds. The number of nitrogens with zero attached hydrogens (tertiary/aromatic N) is 2. The van der Waals surface area contributed by atoms with E-state index in [-0.39, 0.29) is 11.5 Å². The lowest BCUT2D eigenvalue weighted by atomic mass is 10.2. The van der Waals surface area contributed by atoms with Gasteiger partial charge >= 0.3 is 0 Å². The smallest absolute Gasteiger partial charge is 0.262 e. The summed E-state index contributed by atoms with van der Waals surface area (Å²) in [5.74, 6) is 0.548. The SMILES string of the molecule is COCCCn1c(SC(C)C(=O)Nc2ccc(OC)cc2)nc2ccccc2c1=O. The number of amides is 1. The number of carbonyl (C=O) groups excluding carboxylic acids is 1. The lowest BCUT2D eigenvalue weighted by Crippen LogP contribution is -2.27. The van der Waals surface area contributed by atoms with Crippen molar-refractivity contribution in [1.29, 1.82) is 0 Å². The van der Waals surface area contributed by atoms with Crippen LogP contribution in [0, 0.1) is 0 Å². The molecule has 1 atom stereocenters. The molecule has 30 heavy (non-hydrogen) atoms. The Labute approximate surface area is 179 Å². The second-order valence-corrected chi connectivity index (χ2v) is 8.00. The van der Waals surface area contributed by atoms with E-state index in [2.05, 4.69) is 10.3 Å². The Morgan fingerprint density at radius 1 is 1.17 bits per heavy atom. The summed E-state index contributed by atoms with van der Waals surface area (Å²) in [6.07, 6.45) is 0.677. The number of ether oxygens (including phenoxy) is 2. The molecule has 0 saturated carbocycles. The minimum absolute atomic E-state index is 0.109. The highest BCUT2D eigenvalue weighted by Gasteiger charge is 2.19. The summed E-state index contributed by atoms with van der Waals surface area (Å²) >= 11 is 1.27. The van der Waals surface area contributed by atoms with Crippen LogP contribution in [0.25, 0.3) is 10.9 Å². The number of rotatable bonds is 9. The molecule has 0 radical (unpaired) electrons. The van der Waals surface area contributed by atoms with Gasteiger partial charge in [0.1, 0.15) is 5.75 Å². The minimum atomic E-state index is -0.450. The Hall–Kier alpha value is -2.84. The van der Waals surface area contributed by atoms with E-state index in [1.165, 1.54) is 11.8 Å². The molecule has 0 saturated heterocycles. The first-order chi connectivity index (χ1) is 14.5. The van der Waals surface area contributed by atoms with Crippen molar-refractivity contribution >= 4 is 34.3 Å². The van der Waals surface area contributed by atoms with Gasteiger partial charge in [0.15, 0.2) is 5.16 Å². The zero-order valence-corrected chi connectivity index (χ0v) is 18.1. The largest absolute Gasteiger partial charge is 0.497 e. The third kappa shape index (κ3) is 5.20. The Balaban J connectivity index is 1.82. The molecule has 1 N–H and O–H groups in total. The highest BCUT2D eigenvalue weighted by Crippen LogP contribution is 2.24.